The Morgan fingerprint density at radius 3 is 2.63 bits per heavy atom. The average Bonchev–Trinajstić information content (AvgIpc) is 2.39. The zero-order chi connectivity index (χ0) is 13.7. The summed E-state index contributed by atoms with van der Waals surface area (Å²) in [6.07, 6.45) is 3.56. The number of hydrogen-bond donors (Lipinski definition) is 2. The van der Waals surface area contributed by atoms with Crippen molar-refractivity contribution in [1.29, 1.82) is 0 Å². The molecule has 1 aliphatic heterocycles. The number of piperidine rings is 1. The molecule has 2 rings (SSSR count). The summed E-state index contributed by atoms with van der Waals surface area (Å²) in [4.78, 5) is 1.52. The number of nitrogens with one attached hydrogen (secondary N) is 1. The molecule has 0 aromatic heterocycles. The quantitative estimate of drug-likeness (QED) is 0.835. The second kappa shape index (κ2) is 6.92. The molecule has 1 aliphatic rings. The van der Waals surface area contributed by atoms with E-state index in [1.807, 2.05) is 19.1 Å². The number of rotatable bonds is 5. The molecule has 0 spiro atoms. The van der Waals surface area contributed by atoms with Crippen molar-refractivity contribution in [2.24, 2.45) is 0 Å². The molecule has 0 aliphatic carbocycles. The monoisotopic (exact) mass is 264 g/mol. The number of benzene rings is 1. The number of likely N-dealkylation sites (tertiary alicyclic amines) is 1. The molecule has 0 unspecified atom stereocenters. The normalized spacial score (nSPS) is 18.3. The minimum Gasteiger partial charge on any atom is -0.490 e. The molecule has 0 bridgehead atoms. The van der Waals surface area contributed by atoms with Crippen LogP contribution < -0.4 is 9.64 Å². The van der Waals surface area contributed by atoms with Crippen LogP contribution in [0.15, 0.2) is 18.2 Å². The molecule has 1 fully saturated rings. The molecule has 0 radical (unpaired) electrons. The molecular formula is C16H26NO2+. The Hall–Kier alpha value is -1.06. The van der Waals surface area contributed by atoms with Crippen molar-refractivity contribution >= 4 is 0 Å². The van der Waals surface area contributed by atoms with Gasteiger partial charge in [-0.2, -0.15) is 0 Å². The Kier molecular flexibility index (Phi) is 5.23. The SMILES string of the molecule is Cc1ccc(OC[C@@H](O)C[NH+]2CCCCC2)c(C)c1. The molecule has 3 heteroatoms. The maximum atomic E-state index is 10.1. The van der Waals surface area contributed by atoms with Crippen LogP contribution in [0.3, 0.4) is 0 Å². The highest BCUT2D eigenvalue weighted by Gasteiger charge is 2.18. The van der Waals surface area contributed by atoms with Gasteiger partial charge in [-0.15, -0.1) is 0 Å². The Balaban J connectivity index is 1.77. The molecule has 0 amide bonds. The van der Waals surface area contributed by atoms with Gasteiger partial charge in [-0.05, 0) is 44.7 Å². The highest BCUT2D eigenvalue weighted by Crippen LogP contribution is 2.18. The van der Waals surface area contributed by atoms with Gasteiger partial charge in [0.05, 0.1) is 13.1 Å². The zero-order valence-corrected chi connectivity index (χ0v) is 12.1. The minimum atomic E-state index is -0.367. The minimum absolute atomic E-state index is 0.367. The van der Waals surface area contributed by atoms with Crippen molar-refractivity contribution in [2.75, 3.05) is 26.2 Å². The largest absolute Gasteiger partial charge is 0.490 e. The van der Waals surface area contributed by atoms with Gasteiger partial charge >= 0.3 is 0 Å². The van der Waals surface area contributed by atoms with Crippen molar-refractivity contribution < 1.29 is 14.7 Å². The number of ether oxygens (including phenoxy) is 1. The summed E-state index contributed by atoms with van der Waals surface area (Å²) in [5.41, 5.74) is 2.38. The van der Waals surface area contributed by atoms with Crippen LogP contribution in [0.1, 0.15) is 30.4 Å². The van der Waals surface area contributed by atoms with Crippen LogP contribution in [0.5, 0.6) is 5.75 Å². The van der Waals surface area contributed by atoms with Crippen LogP contribution in [0.2, 0.25) is 0 Å². The molecule has 19 heavy (non-hydrogen) atoms. The van der Waals surface area contributed by atoms with E-state index >= 15 is 0 Å². The molecule has 1 atom stereocenters. The number of aliphatic hydroxyl groups excluding tert-OH is 1. The van der Waals surface area contributed by atoms with Crippen molar-refractivity contribution in [3.8, 4) is 5.75 Å². The predicted molar refractivity (Wildman–Crippen MR) is 76.8 cm³/mol. The van der Waals surface area contributed by atoms with Crippen LogP contribution in [-0.4, -0.2) is 37.5 Å². The maximum absolute atomic E-state index is 10.1. The van der Waals surface area contributed by atoms with E-state index in [0.717, 1.165) is 17.9 Å². The van der Waals surface area contributed by atoms with Crippen molar-refractivity contribution in [3.63, 3.8) is 0 Å². The Labute approximate surface area is 116 Å². The highest BCUT2D eigenvalue weighted by molar-refractivity contribution is 5.35. The van der Waals surface area contributed by atoms with E-state index in [1.165, 1.54) is 42.8 Å². The molecule has 1 aromatic carbocycles. The van der Waals surface area contributed by atoms with Crippen LogP contribution in [-0.2, 0) is 0 Å². The zero-order valence-electron chi connectivity index (χ0n) is 12.1. The third kappa shape index (κ3) is 4.51. The molecule has 3 nitrogen and oxygen atoms in total. The lowest BCUT2D eigenvalue weighted by atomic mass is 10.1. The fraction of sp³-hybridized carbons (Fsp3) is 0.625. The lowest BCUT2D eigenvalue weighted by Gasteiger charge is -2.25. The number of aliphatic hydroxyl groups is 1. The second-order valence-electron chi connectivity index (χ2n) is 5.75. The predicted octanol–water partition coefficient (Wildman–Crippen LogP) is 1.11. The molecular weight excluding hydrogens is 238 g/mol. The number of quaternary nitrogens is 1. The first kappa shape index (κ1) is 14.4. The van der Waals surface area contributed by atoms with Gasteiger partial charge in [0.2, 0.25) is 0 Å². The lowest BCUT2D eigenvalue weighted by Crippen LogP contribution is -3.14. The first-order valence-electron chi connectivity index (χ1n) is 7.37. The Morgan fingerprint density at radius 1 is 1.21 bits per heavy atom. The van der Waals surface area contributed by atoms with Gasteiger partial charge in [0, 0.05) is 0 Å². The van der Waals surface area contributed by atoms with Crippen LogP contribution >= 0.6 is 0 Å². The third-order valence-electron chi connectivity index (χ3n) is 3.85. The fourth-order valence-electron chi connectivity index (χ4n) is 2.80. The van der Waals surface area contributed by atoms with Gasteiger partial charge in [-0.25, -0.2) is 0 Å². The van der Waals surface area contributed by atoms with Crippen LogP contribution in [0.25, 0.3) is 0 Å². The highest BCUT2D eigenvalue weighted by atomic mass is 16.5. The maximum Gasteiger partial charge on any atom is 0.137 e. The molecule has 106 valence electrons. The number of hydrogen-bond acceptors (Lipinski definition) is 2. The number of aryl methyl sites for hydroxylation is 2. The summed E-state index contributed by atoms with van der Waals surface area (Å²) in [5.74, 6) is 0.887. The lowest BCUT2D eigenvalue weighted by molar-refractivity contribution is -0.908. The van der Waals surface area contributed by atoms with Gasteiger partial charge in [0.25, 0.3) is 0 Å². The van der Waals surface area contributed by atoms with Gasteiger partial charge in [0.15, 0.2) is 0 Å². The van der Waals surface area contributed by atoms with E-state index < -0.39 is 0 Å². The van der Waals surface area contributed by atoms with Gasteiger partial charge in [0.1, 0.15) is 25.0 Å². The molecule has 1 heterocycles. The average molecular weight is 264 g/mol. The van der Waals surface area contributed by atoms with E-state index in [1.54, 1.807) is 0 Å². The van der Waals surface area contributed by atoms with E-state index in [-0.39, 0.29) is 6.10 Å². The van der Waals surface area contributed by atoms with Crippen molar-refractivity contribution in [3.05, 3.63) is 29.3 Å². The summed E-state index contributed by atoms with van der Waals surface area (Å²) in [5, 5.41) is 10.1. The van der Waals surface area contributed by atoms with Gasteiger partial charge < -0.3 is 14.7 Å². The van der Waals surface area contributed by atoms with E-state index in [4.69, 9.17) is 4.74 Å². The van der Waals surface area contributed by atoms with Crippen LogP contribution in [0, 0.1) is 13.8 Å². The topological polar surface area (TPSA) is 33.9 Å². The first-order chi connectivity index (χ1) is 9.15. The smallest absolute Gasteiger partial charge is 0.137 e. The van der Waals surface area contributed by atoms with E-state index in [9.17, 15) is 5.11 Å². The Bertz CT molecular complexity index is 400. The van der Waals surface area contributed by atoms with Crippen LogP contribution in [0.4, 0.5) is 0 Å². The van der Waals surface area contributed by atoms with Crippen molar-refractivity contribution in [1.82, 2.24) is 0 Å². The molecule has 1 saturated heterocycles. The standard InChI is InChI=1S/C16H25NO2/c1-13-6-7-16(14(2)10-13)19-12-15(18)11-17-8-4-3-5-9-17/h6-7,10,15,18H,3-5,8-9,11-12H2,1-2H3/p+1/t15-/m0/s1. The molecule has 0 saturated carbocycles. The summed E-state index contributed by atoms with van der Waals surface area (Å²) in [6, 6.07) is 6.15. The van der Waals surface area contributed by atoms with E-state index in [0.29, 0.717) is 6.61 Å². The first-order valence-corrected chi connectivity index (χ1v) is 7.37. The fourth-order valence-corrected chi connectivity index (χ4v) is 2.80. The third-order valence-corrected chi connectivity index (χ3v) is 3.85. The summed E-state index contributed by atoms with van der Waals surface area (Å²) in [6.45, 7) is 7.72. The summed E-state index contributed by atoms with van der Waals surface area (Å²) in [7, 11) is 0. The summed E-state index contributed by atoms with van der Waals surface area (Å²) >= 11 is 0. The van der Waals surface area contributed by atoms with Gasteiger partial charge in [-0.3, -0.25) is 0 Å². The molecule has 1 aromatic rings. The van der Waals surface area contributed by atoms with Crippen molar-refractivity contribution in [2.45, 2.75) is 39.2 Å². The Morgan fingerprint density at radius 2 is 1.95 bits per heavy atom. The van der Waals surface area contributed by atoms with Gasteiger partial charge in [-0.1, -0.05) is 17.7 Å². The van der Waals surface area contributed by atoms with E-state index in [2.05, 4.69) is 13.0 Å². The second-order valence-corrected chi connectivity index (χ2v) is 5.75. The summed E-state index contributed by atoms with van der Waals surface area (Å²) < 4.78 is 5.73. The molecule has 2 N–H and O–H groups in total.